The molecule has 0 amide bonds. The number of Topliss-reactive ketones (excluding diaryl/α,β-unsaturated/α-hetero) is 1. The second kappa shape index (κ2) is 10.2. The van der Waals surface area contributed by atoms with Gasteiger partial charge in [-0.15, -0.1) is 0 Å². The van der Waals surface area contributed by atoms with Crippen molar-refractivity contribution in [2.45, 2.75) is 135 Å². The summed E-state index contributed by atoms with van der Waals surface area (Å²) in [6.45, 7) is 8.24. The van der Waals surface area contributed by atoms with E-state index in [2.05, 4.69) is 20.8 Å². The summed E-state index contributed by atoms with van der Waals surface area (Å²) in [5.74, 6) is 0.675. The molecule has 8 rings (SSSR count). The Morgan fingerprint density at radius 3 is 2.21 bits per heavy atom. The van der Waals surface area contributed by atoms with Crippen molar-refractivity contribution in [3.05, 3.63) is 23.3 Å². The molecule has 4 N–H and O–H groups in total. The molecule has 14 atom stereocenters. The van der Waals surface area contributed by atoms with Crippen LogP contribution in [0.25, 0.3) is 0 Å². The van der Waals surface area contributed by atoms with Gasteiger partial charge in [-0.3, -0.25) is 14.4 Å². The topological polar surface area (TPSA) is 132 Å². The van der Waals surface area contributed by atoms with E-state index < -0.39 is 40.3 Å². The number of hydrogen-bond donors (Lipinski definition) is 4. The Morgan fingerprint density at radius 1 is 0.766 bits per heavy atom. The van der Waals surface area contributed by atoms with Gasteiger partial charge in [0.15, 0.2) is 17.3 Å². The largest absolute Gasteiger partial charge is 0.393 e. The molecule has 8 aliphatic carbocycles. The maximum absolute atomic E-state index is 14.0. The number of aliphatic hydroxyl groups excluding tert-OH is 3. The maximum atomic E-state index is 14.0. The summed E-state index contributed by atoms with van der Waals surface area (Å²) in [7, 11) is 0. The zero-order valence-corrected chi connectivity index (χ0v) is 28.9. The predicted molar refractivity (Wildman–Crippen MR) is 176 cm³/mol. The van der Waals surface area contributed by atoms with Crippen molar-refractivity contribution in [1.29, 1.82) is 0 Å². The van der Waals surface area contributed by atoms with Gasteiger partial charge in [0.1, 0.15) is 12.2 Å². The van der Waals surface area contributed by atoms with Crippen LogP contribution in [0.15, 0.2) is 23.3 Å². The molecule has 0 radical (unpaired) electrons. The fourth-order valence-corrected chi connectivity index (χ4v) is 15.5. The summed E-state index contributed by atoms with van der Waals surface area (Å²) in [5, 5.41) is 46.3. The molecule has 7 nitrogen and oxygen atoms in total. The van der Waals surface area contributed by atoms with Gasteiger partial charge in [0.2, 0.25) is 0 Å². The lowest BCUT2D eigenvalue weighted by Gasteiger charge is -2.73. The van der Waals surface area contributed by atoms with Crippen molar-refractivity contribution in [3.8, 4) is 0 Å². The highest BCUT2D eigenvalue weighted by molar-refractivity contribution is 5.93. The molecular weight excluding hydrogens is 592 g/mol. The summed E-state index contributed by atoms with van der Waals surface area (Å²) in [5.41, 5.74) is -1.90. The van der Waals surface area contributed by atoms with Crippen molar-refractivity contribution in [2.75, 3.05) is 6.61 Å². The van der Waals surface area contributed by atoms with Crippen LogP contribution in [0.1, 0.15) is 118 Å². The highest BCUT2D eigenvalue weighted by Gasteiger charge is 2.77. The number of ketones is 3. The molecule has 0 aliphatic heterocycles. The van der Waals surface area contributed by atoms with Crippen LogP contribution in [0.2, 0.25) is 0 Å². The molecule has 0 aromatic heterocycles. The predicted octanol–water partition coefficient (Wildman–Crippen LogP) is 5.27. The number of fused-ring (bicyclic) bond motifs is 10. The Bertz CT molecular complexity index is 1480. The van der Waals surface area contributed by atoms with E-state index in [1.807, 2.05) is 19.1 Å². The summed E-state index contributed by atoms with van der Waals surface area (Å²) >= 11 is 0. The summed E-state index contributed by atoms with van der Waals surface area (Å²) in [6, 6.07) is 0. The molecule has 0 bridgehead atoms. The molecule has 7 heteroatoms. The first-order valence-electron chi connectivity index (χ1n) is 18.8. The number of carbonyl (C=O) groups is 3. The van der Waals surface area contributed by atoms with Crippen LogP contribution in [0.3, 0.4) is 0 Å². The average molecular weight is 649 g/mol. The molecule has 0 aromatic rings. The molecule has 8 aliphatic rings. The van der Waals surface area contributed by atoms with Gasteiger partial charge >= 0.3 is 0 Å². The molecule has 0 aromatic carbocycles. The number of aliphatic hydroxyl groups is 4. The third kappa shape index (κ3) is 3.71. The van der Waals surface area contributed by atoms with Gasteiger partial charge in [0.25, 0.3) is 0 Å². The summed E-state index contributed by atoms with van der Waals surface area (Å²) in [6.07, 6.45) is 12.4. The fourth-order valence-electron chi connectivity index (χ4n) is 15.5. The lowest BCUT2D eigenvalue weighted by Crippen LogP contribution is -2.72. The fraction of sp³-hybridized carbons (Fsp3) is 0.825. The monoisotopic (exact) mass is 648 g/mol. The lowest BCUT2D eigenvalue weighted by molar-refractivity contribution is -0.263. The Kier molecular flexibility index (Phi) is 7.06. The van der Waals surface area contributed by atoms with E-state index in [0.717, 1.165) is 56.9 Å². The van der Waals surface area contributed by atoms with Crippen molar-refractivity contribution in [2.24, 2.45) is 62.6 Å². The minimum atomic E-state index is -1.70. The second-order valence-corrected chi connectivity index (χ2v) is 18.5. The minimum absolute atomic E-state index is 0.0522. The maximum Gasteiger partial charge on any atom is 0.190 e. The van der Waals surface area contributed by atoms with E-state index in [1.165, 1.54) is 5.57 Å². The number of carbonyl (C=O) groups excluding carboxylic acids is 3. The minimum Gasteiger partial charge on any atom is -0.393 e. The van der Waals surface area contributed by atoms with Gasteiger partial charge in [0, 0.05) is 23.7 Å². The molecule has 0 spiro atoms. The highest BCUT2D eigenvalue weighted by atomic mass is 16.3. The molecule has 1 unspecified atom stereocenters. The van der Waals surface area contributed by atoms with Crippen molar-refractivity contribution in [1.82, 2.24) is 0 Å². The molecular formula is C40H56O7. The molecule has 6 saturated carbocycles. The second-order valence-electron chi connectivity index (χ2n) is 18.5. The van der Waals surface area contributed by atoms with Gasteiger partial charge in [-0.25, -0.2) is 0 Å². The first-order chi connectivity index (χ1) is 22.1. The van der Waals surface area contributed by atoms with Crippen LogP contribution in [0.4, 0.5) is 0 Å². The lowest BCUT2D eigenvalue weighted by atomic mass is 9.30. The van der Waals surface area contributed by atoms with Gasteiger partial charge < -0.3 is 20.4 Å². The van der Waals surface area contributed by atoms with E-state index in [0.29, 0.717) is 43.4 Å². The first-order valence-corrected chi connectivity index (χ1v) is 18.8. The first kappa shape index (κ1) is 32.5. The molecule has 6 fully saturated rings. The Hall–Kier alpha value is -1.67. The summed E-state index contributed by atoms with van der Waals surface area (Å²) < 4.78 is 0. The Labute approximate surface area is 279 Å². The smallest absolute Gasteiger partial charge is 0.190 e. The number of allylic oxidation sites excluding steroid dienone is 2. The van der Waals surface area contributed by atoms with E-state index in [9.17, 15) is 34.8 Å². The van der Waals surface area contributed by atoms with Crippen molar-refractivity contribution in [3.63, 3.8) is 0 Å². The molecule has 0 heterocycles. The summed E-state index contributed by atoms with van der Waals surface area (Å²) in [4.78, 5) is 40.2. The van der Waals surface area contributed by atoms with Crippen LogP contribution >= 0.6 is 0 Å². The standard InChI is InChI=1S/C40H56O7/c1-35-14-12-28-26(27(35)9-10-32(35)44)7-5-23-18-25(43)19-31(38(23,28)4)40-30(8-6-22-17-24(42)11-15-36(22,40)2)29-13-16-39(47,34(46)21-41)37(29,3)20-33(40)45/h17-18,26-33,41,44-45,47H,5-16,19-21H2,1-4H3/t26-,27-,28-,29-,30-,31?,32-,33-,35-,36-,37-,38-,39-,40-/m0/s1. The highest BCUT2D eigenvalue weighted by Crippen LogP contribution is 2.79. The normalized spacial score (nSPS) is 55.1. The molecule has 0 saturated heterocycles. The van der Waals surface area contributed by atoms with Crippen LogP contribution in [0, 0.1) is 62.6 Å². The Morgan fingerprint density at radius 2 is 1.47 bits per heavy atom. The average Bonchev–Trinajstić information content (AvgIpc) is 3.48. The quantitative estimate of drug-likeness (QED) is 0.328. The zero-order valence-electron chi connectivity index (χ0n) is 28.9. The molecule has 47 heavy (non-hydrogen) atoms. The number of hydrogen-bond acceptors (Lipinski definition) is 7. The van der Waals surface area contributed by atoms with E-state index in [-0.39, 0.29) is 59.1 Å². The Balaban J connectivity index is 1.33. The van der Waals surface area contributed by atoms with E-state index >= 15 is 0 Å². The van der Waals surface area contributed by atoms with Crippen LogP contribution in [-0.2, 0) is 14.4 Å². The van der Waals surface area contributed by atoms with Crippen LogP contribution in [-0.4, -0.2) is 62.2 Å². The van der Waals surface area contributed by atoms with Gasteiger partial charge in [-0.05, 0) is 141 Å². The third-order valence-electron chi connectivity index (χ3n) is 17.7. The van der Waals surface area contributed by atoms with Gasteiger partial charge in [-0.1, -0.05) is 38.8 Å². The zero-order chi connectivity index (χ0) is 33.5. The van der Waals surface area contributed by atoms with Crippen molar-refractivity contribution >= 4 is 17.3 Å². The molecule has 258 valence electrons. The third-order valence-corrected chi connectivity index (χ3v) is 17.7. The van der Waals surface area contributed by atoms with Gasteiger partial charge in [0.05, 0.1) is 12.2 Å². The van der Waals surface area contributed by atoms with E-state index in [1.54, 1.807) is 0 Å². The van der Waals surface area contributed by atoms with Crippen molar-refractivity contribution < 1.29 is 34.8 Å². The SMILES string of the molecule is C[C@]12CC[C@H]3[C@@H](CCC4=CC(=O)CC([C@]56[C@@H](O)C[C@@]7(C)[C@@H](CC[C@]7(O)C(=O)CO)[C@@H]5CCC5=CC(=O)CC[C@@]56C)[C@@]43C)[C@@H]1CC[C@@H]2O. The van der Waals surface area contributed by atoms with Crippen LogP contribution < -0.4 is 0 Å². The van der Waals surface area contributed by atoms with Gasteiger partial charge in [-0.2, -0.15) is 0 Å². The van der Waals surface area contributed by atoms with Crippen LogP contribution in [0.5, 0.6) is 0 Å². The number of rotatable bonds is 3. The van der Waals surface area contributed by atoms with E-state index in [4.69, 9.17) is 0 Å².